The van der Waals surface area contributed by atoms with Crippen LogP contribution in [0.1, 0.15) is 84.8 Å². The van der Waals surface area contributed by atoms with E-state index >= 15 is 0 Å². The van der Waals surface area contributed by atoms with Crippen molar-refractivity contribution in [1.29, 1.82) is 0 Å². The molecule has 3 heterocycles. The molecule has 0 bridgehead atoms. The maximum Gasteiger partial charge on any atom is 0.342 e. The Balaban J connectivity index is 1.60. The molecule has 5 rings (SSSR count). The first-order chi connectivity index (χ1) is 17.8. The first-order valence-electron chi connectivity index (χ1n) is 12.4. The minimum atomic E-state index is -0.685. The third kappa shape index (κ3) is 5.16. The van der Waals surface area contributed by atoms with Crippen LogP contribution >= 0.6 is 11.6 Å². The van der Waals surface area contributed by atoms with Crippen molar-refractivity contribution < 1.29 is 38.4 Å². The SMILES string of the molecule is C[C@H]1CCCC(=O)CCC/C=C/c2cc3c(c(O)c2C(=O)O1)C(c1cc(Cl)c2c(c1)OCO2)CC(=O)O3. The maximum absolute atomic E-state index is 13.3. The molecule has 0 saturated carbocycles. The van der Waals surface area contributed by atoms with Gasteiger partial charge in [0.1, 0.15) is 22.8 Å². The highest BCUT2D eigenvalue weighted by Crippen LogP contribution is 2.50. The number of ketones is 1. The van der Waals surface area contributed by atoms with Crippen molar-refractivity contribution in [2.75, 3.05) is 6.79 Å². The first-order valence-corrected chi connectivity index (χ1v) is 12.8. The van der Waals surface area contributed by atoms with Crippen LogP contribution in [0.4, 0.5) is 0 Å². The molecule has 2 aromatic rings. The van der Waals surface area contributed by atoms with E-state index in [-0.39, 0.29) is 36.1 Å². The molecular formula is C28H27ClO8. The highest BCUT2D eigenvalue weighted by molar-refractivity contribution is 6.32. The average Bonchev–Trinajstić information content (AvgIpc) is 3.32. The molecular weight excluding hydrogens is 500 g/mol. The van der Waals surface area contributed by atoms with Gasteiger partial charge in [0.25, 0.3) is 0 Å². The fraction of sp³-hybridized carbons (Fsp3) is 0.393. The van der Waals surface area contributed by atoms with E-state index in [1.807, 2.05) is 6.08 Å². The zero-order valence-corrected chi connectivity index (χ0v) is 21.1. The number of rotatable bonds is 1. The van der Waals surface area contributed by atoms with E-state index in [2.05, 4.69) is 0 Å². The lowest BCUT2D eigenvalue weighted by molar-refractivity contribution is -0.135. The molecule has 3 aliphatic rings. The molecule has 2 aromatic carbocycles. The number of halogens is 1. The predicted molar refractivity (Wildman–Crippen MR) is 134 cm³/mol. The number of aromatic hydroxyl groups is 1. The van der Waals surface area contributed by atoms with Crippen molar-refractivity contribution in [3.05, 3.63) is 51.6 Å². The zero-order chi connectivity index (χ0) is 26.1. The normalized spacial score (nSPS) is 22.8. The van der Waals surface area contributed by atoms with Crippen molar-refractivity contribution >= 4 is 35.4 Å². The van der Waals surface area contributed by atoms with Crippen LogP contribution in [0.15, 0.2) is 24.3 Å². The van der Waals surface area contributed by atoms with Gasteiger partial charge in [0, 0.05) is 24.3 Å². The number of hydrogen-bond acceptors (Lipinski definition) is 8. The van der Waals surface area contributed by atoms with E-state index in [9.17, 15) is 19.5 Å². The van der Waals surface area contributed by atoms with Gasteiger partial charge in [0.15, 0.2) is 11.5 Å². The fourth-order valence-corrected chi connectivity index (χ4v) is 5.27. The number of esters is 2. The summed E-state index contributed by atoms with van der Waals surface area (Å²) in [6, 6.07) is 4.95. The second-order valence-electron chi connectivity index (χ2n) is 9.51. The molecule has 0 spiro atoms. The smallest absolute Gasteiger partial charge is 0.342 e. The lowest BCUT2D eigenvalue weighted by Crippen LogP contribution is -2.23. The Kier molecular flexibility index (Phi) is 7.11. The minimum absolute atomic E-state index is 0.00442. The van der Waals surface area contributed by atoms with Gasteiger partial charge in [-0.3, -0.25) is 9.59 Å². The second-order valence-corrected chi connectivity index (χ2v) is 9.92. The molecule has 0 radical (unpaired) electrons. The molecule has 0 aromatic heterocycles. The number of fused-ring (bicyclic) bond motifs is 3. The molecule has 194 valence electrons. The van der Waals surface area contributed by atoms with Gasteiger partial charge in [-0.05, 0) is 61.9 Å². The van der Waals surface area contributed by atoms with Crippen LogP contribution < -0.4 is 14.2 Å². The quantitative estimate of drug-likeness (QED) is 0.372. The number of carbonyl (C=O) groups is 3. The van der Waals surface area contributed by atoms with Crippen molar-refractivity contribution in [2.45, 2.75) is 63.9 Å². The van der Waals surface area contributed by atoms with Crippen molar-refractivity contribution in [3.63, 3.8) is 0 Å². The molecule has 8 nitrogen and oxygen atoms in total. The van der Waals surface area contributed by atoms with Crippen molar-refractivity contribution in [2.24, 2.45) is 0 Å². The Morgan fingerprint density at radius 3 is 2.68 bits per heavy atom. The monoisotopic (exact) mass is 526 g/mol. The van der Waals surface area contributed by atoms with E-state index in [4.69, 9.17) is 30.5 Å². The van der Waals surface area contributed by atoms with Gasteiger partial charge in [-0.2, -0.15) is 0 Å². The number of carbonyl (C=O) groups excluding carboxylic acids is 3. The molecule has 9 heteroatoms. The van der Waals surface area contributed by atoms with Crippen LogP contribution in [0.5, 0.6) is 23.0 Å². The number of hydrogen-bond donors (Lipinski definition) is 1. The van der Waals surface area contributed by atoms with E-state index < -0.39 is 24.0 Å². The van der Waals surface area contributed by atoms with E-state index in [1.165, 1.54) is 0 Å². The number of benzene rings is 2. The highest BCUT2D eigenvalue weighted by Gasteiger charge is 2.36. The van der Waals surface area contributed by atoms with Gasteiger partial charge in [-0.25, -0.2) is 4.79 Å². The summed E-state index contributed by atoms with van der Waals surface area (Å²) < 4.78 is 22.1. The highest BCUT2D eigenvalue weighted by atomic mass is 35.5. The van der Waals surface area contributed by atoms with E-state index in [0.717, 1.165) is 0 Å². The minimum Gasteiger partial charge on any atom is -0.507 e. The Bertz CT molecular complexity index is 1300. The Morgan fingerprint density at radius 2 is 1.84 bits per heavy atom. The molecule has 1 N–H and O–H groups in total. The Morgan fingerprint density at radius 1 is 1.03 bits per heavy atom. The molecule has 3 aliphatic heterocycles. The molecule has 0 saturated heterocycles. The first kappa shape index (κ1) is 25.1. The van der Waals surface area contributed by atoms with Gasteiger partial charge in [-0.1, -0.05) is 23.8 Å². The van der Waals surface area contributed by atoms with Gasteiger partial charge < -0.3 is 24.1 Å². The number of ether oxygens (including phenoxy) is 4. The maximum atomic E-state index is 13.3. The summed E-state index contributed by atoms with van der Waals surface area (Å²) in [7, 11) is 0. The van der Waals surface area contributed by atoms with Crippen molar-refractivity contribution in [3.8, 4) is 23.0 Å². The van der Waals surface area contributed by atoms with Crippen LogP contribution in [-0.2, 0) is 14.3 Å². The topological polar surface area (TPSA) is 108 Å². The van der Waals surface area contributed by atoms with Gasteiger partial charge in [0.05, 0.1) is 17.5 Å². The number of Topliss-reactive ketones (excluding diaryl/α,β-unsaturated/α-hetero) is 1. The van der Waals surface area contributed by atoms with Gasteiger partial charge in [-0.15, -0.1) is 0 Å². The summed E-state index contributed by atoms with van der Waals surface area (Å²) >= 11 is 6.40. The summed E-state index contributed by atoms with van der Waals surface area (Å²) in [6.07, 6.45) is 6.40. The summed E-state index contributed by atoms with van der Waals surface area (Å²) in [5.41, 5.74) is 1.29. The zero-order valence-electron chi connectivity index (χ0n) is 20.4. The van der Waals surface area contributed by atoms with Crippen LogP contribution in [0.25, 0.3) is 6.08 Å². The van der Waals surface area contributed by atoms with Gasteiger partial charge >= 0.3 is 11.9 Å². The predicted octanol–water partition coefficient (Wildman–Crippen LogP) is 5.70. The molecule has 0 amide bonds. The number of phenols is 1. The summed E-state index contributed by atoms with van der Waals surface area (Å²) in [5.74, 6) is -0.895. The van der Waals surface area contributed by atoms with E-state index in [1.54, 1.807) is 31.2 Å². The average molecular weight is 527 g/mol. The number of cyclic esters (lactones) is 1. The Hall–Kier alpha value is -3.52. The third-order valence-corrected chi connectivity index (χ3v) is 7.11. The lowest BCUT2D eigenvalue weighted by Gasteiger charge is -2.28. The molecule has 1 unspecified atom stereocenters. The second kappa shape index (κ2) is 10.5. The number of allylic oxidation sites excluding steroid dienone is 1. The summed E-state index contributed by atoms with van der Waals surface area (Å²) in [5, 5.41) is 11.8. The van der Waals surface area contributed by atoms with Crippen LogP contribution in [-0.4, -0.2) is 35.7 Å². The van der Waals surface area contributed by atoms with Crippen LogP contribution in [0.3, 0.4) is 0 Å². The summed E-state index contributed by atoms with van der Waals surface area (Å²) in [6.45, 7) is 1.80. The third-order valence-electron chi connectivity index (χ3n) is 6.83. The molecule has 0 fully saturated rings. The van der Waals surface area contributed by atoms with Crippen LogP contribution in [0.2, 0.25) is 5.02 Å². The fourth-order valence-electron chi connectivity index (χ4n) is 4.99. The summed E-state index contributed by atoms with van der Waals surface area (Å²) in [4.78, 5) is 38.0. The van der Waals surface area contributed by atoms with Gasteiger partial charge in [0.2, 0.25) is 6.79 Å². The Labute approximate surface area is 219 Å². The standard InChI is InChI=1S/C28H27ClO8/c1-15-6-5-9-18(30)8-4-2-3-7-16-11-21-25(26(32)24(16)28(33)36-15)19(13-23(31)37-21)17-10-20(29)27-22(12-17)34-14-35-27/h3,7,10-12,15,19,32H,2,4-6,8-9,13-14H2,1H3/b7-3+/t15-,19?/m0/s1. The largest absolute Gasteiger partial charge is 0.507 e. The van der Waals surface area contributed by atoms with E-state index in [0.29, 0.717) is 71.7 Å². The molecule has 0 aliphatic carbocycles. The lowest BCUT2D eigenvalue weighted by atomic mass is 9.83. The van der Waals surface area contributed by atoms with Crippen molar-refractivity contribution in [1.82, 2.24) is 0 Å². The van der Waals surface area contributed by atoms with Crippen LogP contribution in [0, 0.1) is 0 Å². The molecule has 2 atom stereocenters. The molecule has 37 heavy (non-hydrogen) atoms. The number of phenolic OH excluding ortho intramolecular Hbond substituents is 1.